The molecule has 0 unspecified atom stereocenters. The van der Waals surface area contributed by atoms with Gasteiger partial charge in [-0.3, -0.25) is 9.36 Å². The van der Waals surface area contributed by atoms with Crippen LogP contribution in [0.25, 0.3) is 10.9 Å². The van der Waals surface area contributed by atoms with E-state index < -0.39 is 6.10 Å². The summed E-state index contributed by atoms with van der Waals surface area (Å²) in [7, 11) is 0. The molecule has 0 spiro atoms. The Morgan fingerprint density at radius 1 is 1.25 bits per heavy atom. The standard InChI is InChI=1S/C17H14BrClN2O3/c18-11-1-6-16-15(7-11)17(23)21(10-20-16)8-13(22)9-24-14-4-2-12(19)3-5-14/h1-7,10,13,22H,8-9H2/t13-/m1/s1. The Morgan fingerprint density at radius 3 is 2.75 bits per heavy atom. The second kappa shape index (κ2) is 7.34. The molecule has 5 nitrogen and oxygen atoms in total. The first-order valence-electron chi connectivity index (χ1n) is 7.24. The van der Waals surface area contributed by atoms with Crippen LogP contribution < -0.4 is 10.3 Å². The molecule has 0 fully saturated rings. The second-order valence-corrected chi connectivity index (χ2v) is 6.63. The summed E-state index contributed by atoms with van der Waals surface area (Å²) in [5, 5.41) is 11.2. The Balaban J connectivity index is 1.71. The van der Waals surface area contributed by atoms with E-state index in [4.69, 9.17) is 16.3 Å². The summed E-state index contributed by atoms with van der Waals surface area (Å²) in [6, 6.07) is 12.2. The molecule has 0 saturated carbocycles. The van der Waals surface area contributed by atoms with Gasteiger partial charge in [-0.05, 0) is 42.5 Å². The van der Waals surface area contributed by atoms with Gasteiger partial charge in [0.25, 0.3) is 5.56 Å². The van der Waals surface area contributed by atoms with Crippen molar-refractivity contribution in [3.05, 3.63) is 68.6 Å². The SMILES string of the molecule is O=c1c2cc(Br)ccc2ncn1C[C@@H](O)COc1ccc(Cl)cc1. The molecule has 0 bridgehead atoms. The van der Waals surface area contributed by atoms with Crippen LogP contribution in [0.2, 0.25) is 5.02 Å². The minimum atomic E-state index is -0.843. The number of rotatable bonds is 5. The van der Waals surface area contributed by atoms with E-state index in [9.17, 15) is 9.90 Å². The highest BCUT2D eigenvalue weighted by Gasteiger charge is 2.10. The van der Waals surface area contributed by atoms with Crippen molar-refractivity contribution in [2.75, 3.05) is 6.61 Å². The number of benzene rings is 2. The third-order valence-electron chi connectivity index (χ3n) is 3.45. The Morgan fingerprint density at radius 2 is 2.00 bits per heavy atom. The van der Waals surface area contributed by atoms with Crippen LogP contribution in [0.15, 0.2) is 58.1 Å². The fourth-order valence-electron chi connectivity index (χ4n) is 2.26. The number of nitrogens with zero attached hydrogens (tertiary/aromatic N) is 2. The number of ether oxygens (including phenoxy) is 1. The maximum absolute atomic E-state index is 12.5. The fourth-order valence-corrected chi connectivity index (χ4v) is 2.75. The molecule has 0 aliphatic heterocycles. The van der Waals surface area contributed by atoms with E-state index >= 15 is 0 Å². The minimum absolute atomic E-state index is 0.0601. The molecule has 1 heterocycles. The molecule has 0 aliphatic rings. The monoisotopic (exact) mass is 408 g/mol. The normalized spacial score (nSPS) is 12.3. The molecule has 0 saturated heterocycles. The fraction of sp³-hybridized carbons (Fsp3) is 0.176. The van der Waals surface area contributed by atoms with Crippen LogP contribution in [0.1, 0.15) is 0 Å². The highest BCUT2D eigenvalue weighted by Crippen LogP contribution is 2.16. The van der Waals surface area contributed by atoms with Crippen LogP contribution in [0.5, 0.6) is 5.75 Å². The van der Waals surface area contributed by atoms with Gasteiger partial charge in [-0.1, -0.05) is 27.5 Å². The van der Waals surface area contributed by atoms with Gasteiger partial charge in [-0.2, -0.15) is 0 Å². The summed E-state index contributed by atoms with van der Waals surface area (Å²) in [4.78, 5) is 16.7. The van der Waals surface area contributed by atoms with E-state index in [0.717, 1.165) is 4.47 Å². The number of aromatic nitrogens is 2. The van der Waals surface area contributed by atoms with Gasteiger partial charge in [0.15, 0.2) is 0 Å². The number of aliphatic hydroxyl groups is 1. The second-order valence-electron chi connectivity index (χ2n) is 5.28. The Hall–Kier alpha value is -1.89. The van der Waals surface area contributed by atoms with Crippen molar-refractivity contribution in [3.8, 4) is 5.75 Å². The van der Waals surface area contributed by atoms with Gasteiger partial charge in [0, 0.05) is 9.50 Å². The third kappa shape index (κ3) is 3.95. The minimum Gasteiger partial charge on any atom is -0.491 e. The Labute approximate surface area is 151 Å². The van der Waals surface area contributed by atoms with Gasteiger partial charge < -0.3 is 9.84 Å². The topological polar surface area (TPSA) is 64.4 Å². The van der Waals surface area contributed by atoms with Crippen LogP contribution in [-0.4, -0.2) is 27.4 Å². The molecule has 2 aromatic carbocycles. The first-order chi connectivity index (χ1) is 11.5. The van der Waals surface area contributed by atoms with E-state index in [-0.39, 0.29) is 18.7 Å². The van der Waals surface area contributed by atoms with Crippen LogP contribution >= 0.6 is 27.5 Å². The summed E-state index contributed by atoms with van der Waals surface area (Å²) < 4.78 is 7.67. The van der Waals surface area contributed by atoms with Crippen molar-refractivity contribution in [1.82, 2.24) is 9.55 Å². The average molecular weight is 410 g/mol. The number of halogens is 2. The van der Waals surface area contributed by atoms with Crippen LogP contribution in [0.4, 0.5) is 0 Å². The van der Waals surface area contributed by atoms with Crippen molar-refractivity contribution >= 4 is 38.4 Å². The maximum Gasteiger partial charge on any atom is 0.261 e. The Kier molecular flexibility index (Phi) is 5.18. The van der Waals surface area contributed by atoms with Gasteiger partial charge in [-0.25, -0.2) is 4.98 Å². The van der Waals surface area contributed by atoms with Gasteiger partial charge in [0.1, 0.15) is 18.5 Å². The van der Waals surface area contributed by atoms with E-state index in [1.165, 1.54) is 10.9 Å². The number of hydrogen-bond donors (Lipinski definition) is 1. The molecule has 124 valence electrons. The Bertz CT molecular complexity index is 912. The first-order valence-corrected chi connectivity index (χ1v) is 8.41. The largest absolute Gasteiger partial charge is 0.491 e. The zero-order chi connectivity index (χ0) is 17.1. The van der Waals surface area contributed by atoms with E-state index in [1.807, 2.05) is 6.07 Å². The highest BCUT2D eigenvalue weighted by molar-refractivity contribution is 9.10. The predicted octanol–water partition coefficient (Wildman–Crippen LogP) is 3.25. The van der Waals surface area contributed by atoms with Crippen molar-refractivity contribution in [2.24, 2.45) is 0 Å². The molecular weight excluding hydrogens is 396 g/mol. The highest BCUT2D eigenvalue weighted by atomic mass is 79.9. The quantitative estimate of drug-likeness (QED) is 0.702. The van der Waals surface area contributed by atoms with Gasteiger partial charge in [0.2, 0.25) is 0 Å². The van der Waals surface area contributed by atoms with Crippen molar-refractivity contribution in [1.29, 1.82) is 0 Å². The lowest BCUT2D eigenvalue weighted by Gasteiger charge is -2.14. The average Bonchev–Trinajstić information content (AvgIpc) is 2.57. The van der Waals surface area contributed by atoms with Crippen molar-refractivity contribution in [2.45, 2.75) is 12.6 Å². The molecule has 1 N–H and O–H groups in total. The van der Waals surface area contributed by atoms with Crippen molar-refractivity contribution < 1.29 is 9.84 Å². The summed E-state index contributed by atoms with van der Waals surface area (Å²) in [6.45, 7) is 0.159. The third-order valence-corrected chi connectivity index (χ3v) is 4.19. The van der Waals surface area contributed by atoms with E-state index in [2.05, 4.69) is 20.9 Å². The van der Waals surface area contributed by atoms with Gasteiger partial charge in [0.05, 0.1) is 23.8 Å². The molecular formula is C17H14BrClN2O3. The zero-order valence-electron chi connectivity index (χ0n) is 12.5. The number of hydrogen-bond acceptors (Lipinski definition) is 4. The summed E-state index contributed by atoms with van der Waals surface area (Å²) in [5.74, 6) is 0.603. The molecule has 3 rings (SSSR count). The molecule has 1 atom stereocenters. The smallest absolute Gasteiger partial charge is 0.261 e. The lowest BCUT2D eigenvalue weighted by atomic mass is 10.2. The van der Waals surface area contributed by atoms with Gasteiger partial charge >= 0.3 is 0 Å². The van der Waals surface area contributed by atoms with E-state index in [1.54, 1.807) is 36.4 Å². The lowest BCUT2D eigenvalue weighted by molar-refractivity contribution is 0.0915. The molecule has 0 radical (unpaired) electrons. The van der Waals surface area contributed by atoms with Crippen LogP contribution in [0, 0.1) is 0 Å². The molecule has 0 aliphatic carbocycles. The van der Waals surface area contributed by atoms with E-state index in [0.29, 0.717) is 21.7 Å². The summed E-state index contributed by atoms with van der Waals surface area (Å²) in [6.07, 6.45) is 0.592. The van der Waals surface area contributed by atoms with Crippen LogP contribution in [-0.2, 0) is 6.54 Å². The van der Waals surface area contributed by atoms with Gasteiger partial charge in [-0.15, -0.1) is 0 Å². The number of aliphatic hydroxyl groups excluding tert-OH is 1. The molecule has 0 amide bonds. The predicted molar refractivity (Wildman–Crippen MR) is 96.7 cm³/mol. The summed E-state index contributed by atoms with van der Waals surface area (Å²) >= 11 is 9.15. The zero-order valence-corrected chi connectivity index (χ0v) is 14.9. The molecule has 1 aromatic heterocycles. The van der Waals surface area contributed by atoms with Crippen molar-refractivity contribution in [3.63, 3.8) is 0 Å². The molecule has 3 aromatic rings. The molecule has 7 heteroatoms. The number of fused-ring (bicyclic) bond motifs is 1. The van der Waals surface area contributed by atoms with Crippen LogP contribution in [0.3, 0.4) is 0 Å². The first kappa shape index (κ1) is 17.0. The maximum atomic E-state index is 12.5. The molecule has 24 heavy (non-hydrogen) atoms. The summed E-state index contributed by atoms with van der Waals surface area (Å²) in [5.41, 5.74) is 0.415. The lowest BCUT2D eigenvalue weighted by Crippen LogP contribution is -2.30.